The van der Waals surface area contributed by atoms with Crippen LogP contribution < -0.4 is 11.1 Å². The first-order valence-corrected chi connectivity index (χ1v) is 5.39. The smallest absolute Gasteiger partial charge is 0.274 e. The largest absolute Gasteiger partial charge is 0.395 e. The Bertz CT molecular complexity index is 398. The van der Waals surface area contributed by atoms with Gasteiger partial charge in [0.05, 0.1) is 18.0 Å². The zero-order valence-electron chi connectivity index (χ0n) is 9.16. The molecule has 5 N–H and O–H groups in total. The van der Waals surface area contributed by atoms with Gasteiger partial charge in [-0.2, -0.15) is 5.10 Å². The van der Waals surface area contributed by atoms with Crippen LogP contribution in [-0.4, -0.2) is 33.9 Å². The van der Waals surface area contributed by atoms with Crippen LogP contribution in [-0.2, 0) is 0 Å². The molecule has 1 aromatic rings. The number of carbonyl (C=O) groups is 1. The highest BCUT2D eigenvalue weighted by Crippen LogP contribution is 2.42. The summed E-state index contributed by atoms with van der Waals surface area (Å²) in [6.45, 7) is 1.61. The van der Waals surface area contributed by atoms with Crippen LogP contribution in [0.5, 0.6) is 0 Å². The molecule has 1 aliphatic rings. The zero-order valence-corrected chi connectivity index (χ0v) is 9.16. The molecule has 88 valence electrons. The lowest BCUT2D eigenvalue weighted by atomic mass is 10.2. The van der Waals surface area contributed by atoms with Crippen molar-refractivity contribution in [2.45, 2.75) is 31.7 Å². The summed E-state index contributed by atoms with van der Waals surface area (Å²) in [6.07, 6.45) is 2.20. The number of rotatable bonds is 4. The van der Waals surface area contributed by atoms with E-state index in [1.54, 1.807) is 6.92 Å². The molecule has 1 heterocycles. The van der Waals surface area contributed by atoms with Gasteiger partial charge in [-0.05, 0) is 19.8 Å². The van der Waals surface area contributed by atoms with Crippen molar-refractivity contribution in [3.05, 3.63) is 11.4 Å². The number of anilines is 1. The highest BCUT2D eigenvalue weighted by molar-refractivity contribution is 5.97. The van der Waals surface area contributed by atoms with Crippen molar-refractivity contribution in [1.82, 2.24) is 15.5 Å². The van der Waals surface area contributed by atoms with Gasteiger partial charge in [0.2, 0.25) is 0 Å². The quantitative estimate of drug-likeness (QED) is 0.577. The van der Waals surface area contributed by atoms with E-state index in [-0.39, 0.29) is 24.2 Å². The van der Waals surface area contributed by atoms with E-state index in [0.29, 0.717) is 11.6 Å². The molecule has 1 aliphatic carbocycles. The highest BCUT2D eigenvalue weighted by atomic mass is 16.3. The second-order valence-corrected chi connectivity index (χ2v) is 4.23. The Labute approximate surface area is 93.2 Å². The normalized spacial score (nSPS) is 17.1. The van der Waals surface area contributed by atoms with Crippen LogP contribution in [0, 0.1) is 0 Å². The van der Waals surface area contributed by atoms with Gasteiger partial charge < -0.3 is 16.2 Å². The first-order chi connectivity index (χ1) is 7.63. The summed E-state index contributed by atoms with van der Waals surface area (Å²) in [5, 5.41) is 18.2. The maximum Gasteiger partial charge on any atom is 0.274 e. The topological polar surface area (TPSA) is 104 Å². The fourth-order valence-corrected chi connectivity index (χ4v) is 1.56. The number of aromatic amines is 1. The van der Waals surface area contributed by atoms with Gasteiger partial charge in [0.15, 0.2) is 5.69 Å². The van der Waals surface area contributed by atoms with Crippen molar-refractivity contribution in [2.75, 3.05) is 12.3 Å². The molecule has 6 nitrogen and oxygen atoms in total. The summed E-state index contributed by atoms with van der Waals surface area (Å²) in [4.78, 5) is 11.7. The van der Waals surface area contributed by atoms with E-state index in [1.165, 1.54) is 0 Å². The van der Waals surface area contributed by atoms with Crippen molar-refractivity contribution in [3.63, 3.8) is 0 Å². The first kappa shape index (κ1) is 10.9. The first-order valence-electron chi connectivity index (χ1n) is 5.39. The molecule has 0 bridgehead atoms. The number of hydrogen-bond donors (Lipinski definition) is 4. The number of nitrogens with zero attached hydrogens (tertiary/aromatic N) is 1. The van der Waals surface area contributed by atoms with Crippen LogP contribution in [0.4, 0.5) is 5.69 Å². The molecule has 0 aliphatic heterocycles. The van der Waals surface area contributed by atoms with Gasteiger partial charge in [0, 0.05) is 12.0 Å². The van der Waals surface area contributed by atoms with Crippen molar-refractivity contribution < 1.29 is 9.90 Å². The molecule has 0 aromatic carbocycles. The lowest BCUT2D eigenvalue weighted by Crippen LogP contribution is -2.35. The van der Waals surface area contributed by atoms with Gasteiger partial charge in [0.25, 0.3) is 5.91 Å². The second kappa shape index (κ2) is 4.13. The van der Waals surface area contributed by atoms with Crippen molar-refractivity contribution in [1.29, 1.82) is 0 Å². The van der Waals surface area contributed by atoms with E-state index < -0.39 is 0 Å². The maximum absolute atomic E-state index is 11.7. The molecule has 2 rings (SSSR count). The number of aromatic nitrogens is 2. The summed E-state index contributed by atoms with van der Waals surface area (Å²) >= 11 is 0. The molecule has 6 heteroatoms. The van der Waals surface area contributed by atoms with Crippen LogP contribution >= 0.6 is 0 Å². The standard InChI is InChI=1S/C10H16N4O2/c1-5(4-15)12-10(16)9-7(11)8(13-14-9)6-2-3-6/h5-6,15H,2-4,11H2,1H3,(H,12,16)(H,13,14). The molecule has 1 aromatic heterocycles. The van der Waals surface area contributed by atoms with E-state index in [1.807, 2.05) is 0 Å². The van der Waals surface area contributed by atoms with E-state index in [9.17, 15) is 4.79 Å². The molecule has 1 atom stereocenters. The van der Waals surface area contributed by atoms with E-state index >= 15 is 0 Å². The number of nitrogen functional groups attached to an aromatic ring is 1. The number of amides is 1. The predicted molar refractivity (Wildman–Crippen MR) is 59.0 cm³/mol. The Hall–Kier alpha value is -1.56. The SMILES string of the molecule is CC(CO)NC(=O)c1n[nH]c(C2CC2)c1N. The number of nitrogens with two attached hydrogens (primary N) is 1. The Balaban J connectivity index is 2.11. The third-order valence-electron chi connectivity index (χ3n) is 2.69. The Morgan fingerprint density at radius 1 is 1.75 bits per heavy atom. The molecule has 0 saturated heterocycles. The maximum atomic E-state index is 11.7. The summed E-state index contributed by atoms with van der Waals surface area (Å²) in [7, 11) is 0. The minimum atomic E-state index is -0.345. The van der Waals surface area contributed by atoms with Crippen molar-refractivity contribution >= 4 is 11.6 Å². The molecule has 1 saturated carbocycles. The van der Waals surface area contributed by atoms with E-state index in [2.05, 4.69) is 15.5 Å². The molecular formula is C10H16N4O2. The van der Waals surface area contributed by atoms with E-state index in [4.69, 9.17) is 10.8 Å². The number of nitrogens with one attached hydrogen (secondary N) is 2. The minimum Gasteiger partial charge on any atom is -0.395 e. The number of aliphatic hydroxyl groups is 1. The molecule has 1 fully saturated rings. The van der Waals surface area contributed by atoms with Crippen LogP contribution in [0.3, 0.4) is 0 Å². The fraction of sp³-hybridized carbons (Fsp3) is 0.600. The average Bonchev–Trinajstić information content (AvgIpc) is 3.02. The van der Waals surface area contributed by atoms with Crippen LogP contribution in [0.1, 0.15) is 41.9 Å². The number of hydrogen-bond acceptors (Lipinski definition) is 4. The van der Waals surface area contributed by atoms with Crippen LogP contribution in [0.25, 0.3) is 0 Å². The van der Waals surface area contributed by atoms with Gasteiger partial charge in [-0.15, -0.1) is 0 Å². The highest BCUT2D eigenvalue weighted by Gasteiger charge is 2.30. The summed E-state index contributed by atoms with van der Waals surface area (Å²) in [5.41, 5.74) is 7.37. The fourth-order valence-electron chi connectivity index (χ4n) is 1.56. The van der Waals surface area contributed by atoms with Crippen molar-refractivity contribution in [2.24, 2.45) is 0 Å². The molecule has 16 heavy (non-hydrogen) atoms. The molecule has 0 radical (unpaired) electrons. The van der Waals surface area contributed by atoms with Gasteiger partial charge in [-0.1, -0.05) is 0 Å². The average molecular weight is 224 g/mol. The monoisotopic (exact) mass is 224 g/mol. The minimum absolute atomic E-state index is 0.106. The molecular weight excluding hydrogens is 208 g/mol. The third-order valence-corrected chi connectivity index (χ3v) is 2.69. The molecule has 1 unspecified atom stereocenters. The van der Waals surface area contributed by atoms with Crippen LogP contribution in [0.15, 0.2) is 0 Å². The lowest BCUT2D eigenvalue weighted by Gasteiger charge is -2.09. The number of H-pyrrole nitrogens is 1. The summed E-state index contributed by atoms with van der Waals surface area (Å²) in [5.74, 6) is 0.0894. The zero-order chi connectivity index (χ0) is 11.7. The summed E-state index contributed by atoms with van der Waals surface area (Å²) < 4.78 is 0. The second-order valence-electron chi connectivity index (χ2n) is 4.23. The third kappa shape index (κ3) is 2.01. The summed E-state index contributed by atoms with van der Waals surface area (Å²) in [6, 6.07) is -0.298. The van der Waals surface area contributed by atoms with Gasteiger partial charge in [0.1, 0.15) is 0 Å². The Morgan fingerprint density at radius 2 is 2.44 bits per heavy atom. The Kier molecular flexibility index (Phi) is 2.82. The number of carbonyl (C=O) groups excluding carboxylic acids is 1. The van der Waals surface area contributed by atoms with Crippen LogP contribution in [0.2, 0.25) is 0 Å². The molecule has 1 amide bonds. The lowest BCUT2D eigenvalue weighted by molar-refractivity contribution is 0.0918. The Morgan fingerprint density at radius 3 is 3.00 bits per heavy atom. The van der Waals surface area contributed by atoms with Crippen molar-refractivity contribution in [3.8, 4) is 0 Å². The molecule has 0 spiro atoms. The van der Waals surface area contributed by atoms with Gasteiger partial charge >= 0.3 is 0 Å². The number of aliphatic hydroxyl groups excluding tert-OH is 1. The predicted octanol–water partition coefficient (Wildman–Crippen LogP) is -0.0201. The van der Waals surface area contributed by atoms with E-state index in [0.717, 1.165) is 18.5 Å². The van der Waals surface area contributed by atoms with Gasteiger partial charge in [-0.25, -0.2) is 0 Å². The van der Waals surface area contributed by atoms with Gasteiger partial charge in [-0.3, -0.25) is 9.89 Å².